The molecule has 2 saturated heterocycles. The predicted octanol–water partition coefficient (Wildman–Crippen LogP) is 2.49. The zero-order valence-corrected chi connectivity index (χ0v) is 16.5. The van der Waals surface area contributed by atoms with Crippen molar-refractivity contribution in [2.24, 2.45) is 0 Å². The molecule has 7 heteroatoms. The highest BCUT2D eigenvalue weighted by molar-refractivity contribution is 6.30. The van der Waals surface area contributed by atoms with Gasteiger partial charge in [0.05, 0.1) is 13.2 Å². The molecule has 0 aliphatic carbocycles. The van der Waals surface area contributed by atoms with Crippen molar-refractivity contribution in [3.63, 3.8) is 0 Å². The van der Waals surface area contributed by atoms with Gasteiger partial charge in [-0.1, -0.05) is 23.7 Å². The summed E-state index contributed by atoms with van der Waals surface area (Å²) < 4.78 is 11.4. The first-order valence-corrected chi connectivity index (χ1v) is 9.91. The SMILES string of the molecule is CC(=O)N(CCC(=O)N1CCC2(CC1)OCCO2)CCc1ccc(Cl)cc1. The Labute approximate surface area is 165 Å². The number of rotatable bonds is 6. The van der Waals surface area contributed by atoms with Gasteiger partial charge in [-0.3, -0.25) is 9.59 Å². The van der Waals surface area contributed by atoms with Crippen LogP contribution in [-0.4, -0.2) is 66.8 Å². The number of halogens is 1. The molecule has 1 aromatic rings. The zero-order valence-electron chi connectivity index (χ0n) is 15.8. The number of carbonyl (C=O) groups is 2. The number of likely N-dealkylation sites (tertiary alicyclic amines) is 1. The molecule has 2 aliphatic heterocycles. The van der Waals surface area contributed by atoms with Crippen molar-refractivity contribution in [1.82, 2.24) is 9.80 Å². The Hall–Kier alpha value is -1.63. The second-order valence-corrected chi connectivity index (χ2v) is 7.56. The third-order valence-electron chi connectivity index (χ3n) is 5.32. The van der Waals surface area contributed by atoms with Crippen LogP contribution in [-0.2, 0) is 25.5 Å². The summed E-state index contributed by atoms with van der Waals surface area (Å²) in [5, 5.41) is 0.699. The number of benzene rings is 1. The highest BCUT2D eigenvalue weighted by atomic mass is 35.5. The van der Waals surface area contributed by atoms with Crippen molar-refractivity contribution in [2.45, 2.75) is 38.4 Å². The third-order valence-corrected chi connectivity index (χ3v) is 5.57. The molecule has 0 bridgehead atoms. The Morgan fingerprint density at radius 1 is 1.11 bits per heavy atom. The number of carbonyl (C=O) groups excluding carboxylic acids is 2. The minimum absolute atomic E-state index is 0.0119. The average molecular weight is 395 g/mol. The summed E-state index contributed by atoms with van der Waals surface area (Å²) in [6, 6.07) is 7.61. The van der Waals surface area contributed by atoms with E-state index in [-0.39, 0.29) is 11.8 Å². The van der Waals surface area contributed by atoms with Crippen LogP contribution in [0.2, 0.25) is 5.02 Å². The molecule has 27 heavy (non-hydrogen) atoms. The van der Waals surface area contributed by atoms with Crippen LogP contribution >= 0.6 is 11.6 Å². The lowest BCUT2D eigenvalue weighted by Gasteiger charge is -2.37. The van der Waals surface area contributed by atoms with E-state index in [9.17, 15) is 9.59 Å². The second kappa shape index (κ2) is 9.04. The van der Waals surface area contributed by atoms with Crippen LogP contribution in [0.25, 0.3) is 0 Å². The predicted molar refractivity (Wildman–Crippen MR) is 102 cm³/mol. The number of hydrogen-bond acceptors (Lipinski definition) is 4. The summed E-state index contributed by atoms with van der Waals surface area (Å²) in [5.41, 5.74) is 1.12. The highest BCUT2D eigenvalue weighted by Gasteiger charge is 2.40. The fraction of sp³-hybridized carbons (Fsp3) is 0.600. The maximum atomic E-state index is 12.5. The molecule has 0 atom stereocenters. The van der Waals surface area contributed by atoms with E-state index < -0.39 is 5.79 Å². The topological polar surface area (TPSA) is 59.1 Å². The Balaban J connectivity index is 1.44. The first kappa shape index (κ1) is 20.1. The normalized spacial score (nSPS) is 18.7. The van der Waals surface area contributed by atoms with Gasteiger partial charge in [-0.15, -0.1) is 0 Å². The van der Waals surface area contributed by atoms with Gasteiger partial charge in [0, 0.05) is 57.4 Å². The standard InChI is InChI=1S/C20H27ClN2O4/c1-16(24)22(10-6-17-2-4-18(21)5-3-17)11-7-19(25)23-12-8-20(9-13-23)26-14-15-27-20/h2-5H,6-15H2,1H3. The molecule has 2 heterocycles. The highest BCUT2D eigenvalue weighted by Crippen LogP contribution is 2.31. The van der Waals surface area contributed by atoms with Gasteiger partial charge >= 0.3 is 0 Å². The van der Waals surface area contributed by atoms with Gasteiger partial charge in [-0.2, -0.15) is 0 Å². The largest absolute Gasteiger partial charge is 0.347 e. The number of nitrogens with zero attached hydrogens (tertiary/aromatic N) is 2. The second-order valence-electron chi connectivity index (χ2n) is 7.12. The summed E-state index contributed by atoms with van der Waals surface area (Å²) in [4.78, 5) is 28.0. The molecule has 0 aromatic heterocycles. The van der Waals surface area contributed by atoms with Crippen LogP contribution in [0.4, 0.5) is 0 Å². The average Bonchev–Trinajstić information content (AvgIpc) is 3.11. The molecule has 2 amide bonds. The van der Waals surface area contributed by atoms with Crippen molar-refractivity contribution in [3.8, 4) is 0 Å². The smallest absolute Gasteiger partial charge is 0.224 e. The van der Waals surface area contributed by atoms with E-state index in [1.807, 2.05) is 29.2 Å². The lowest BCUT2D eigenvalue weighted by molar-refractivity contribution is -0.187. The van der Waals surface area contributed by atoms with E-state index in [0.717, 1.165) is 12.0 Å². The Morgan fingerprint density at radius 2 is 1.74 bits per heavy atom. The van der Waals surface area contributed by atoms with Crippen molar-refractivity contribution in [3.05, 3.63) is 34.9 Å². The molecule has 3 rings (SSSR count). The number of piperidine rings is 1. The molecule has 0 N–H and O–H groups in total. The molecule has 0 unspecified atom stereocenters. The van der Waals surface area contributed by atoms with E-state index in [1.54, 1.807) is 11.8 Å². The first-order valence-electron chi connectivity index (χ1n) is 9.53. The zero-order chi connectivity index (χ0) is 19.3. The summed E-state index contributed by atoms with van der Waals surface area (Å²) in [7, 11) is 0. The van der Waals surface area contributed by atoms with Crippen LogP contribution < -0.4 is 0 Å². The maximum Gasteiger partial charge on any atom is 0.224 e. The van der Waals surface area contributed by atoms with Crippen molar-refractivity contribution in [2.75, 3.05) is 39.4 Å². The van der Waals surface area contributed by atoms with Crippen LogP contribution in [0.5, 0.6) is 0 Å². The summed E-state index contributed by atoms with van der Waals surface area (Å²) in [5.74, 6) is -0.399. The van der Waals surface area contributed by atoms with Gasteiger partial charge in [0.25, 0.3) is 0 Å². The summed E-state index contributed by atoms with van der Waals surface area (Å²) in [6.45, 7) is 5.13. The number of hydrogen-bond donors (Lipinski definition) is 0. The molecule has 6 nitrogen and oxygen atoms in total. The third kappa shape index (κ3) is 5.43. The van der Waals surface area contributed by atoms with Crippen molar-refractivity contribution >= 4 is 23.4 Å². The summed E-state index contributed by atoms with van der Waals surface area (Å²) >= 11 is 5.90. The molecular weight excluding hydrogens is 368 g/mol. The fourth-order valence-corrected chi connectivity index (χ4v) is 3.74. The molecule has 0 saturated carbocycles. The van der Waals surface area contributed by atoms with E-state index in [4.69, 9.17) is 21.1 Å². The number of ether oxygens (including phenoxy) is 2. The monoisotopic (exact) mass is 394 g/mol. The Bertz CT molecular complexity index is 648. The molecule has 148 valence electrons. The van der Waals surface area contributed by atoms with Crippen LogP contribution in [0.15, 0.2) is 24.3 Å². The van der Waals surface area contributed by atoms with Gasteiger partial charge in [0.1, 0.15) is 0 Å². The lowest BCUT2D eigenvalue weighted by atomic mass is 10.0. The molecule has 2 aliphatic rings. The van der Waals surface area contributed by atoms with E-state index in [0.29, 0.717) is 63.7 Å². The van der Waals surface area contributed by atoms with Crippen LogP contribution in [0, 0.1) is 0 Å². The van der Waals surface area contributed by atoms with Crippen molar-refractivity contribution < 1.29 is 19.1 Å². The molecule has 0 radical (unpaired) electrons. The molecule has 1 aromatic carbocycles. The minimum atomic E-state index is -0.471. The molecule has 2 fully saturated rings. The Kier molecular flexibility index (Phi) is 6.73. The maximum absolute atomic E-state index is 12.5. The molecule has 1 spiro atoms. The van der Waals surface area contributed by atoms with Gasteiger partial charge in [0.2, 0.25) is 11.8 Å². The van der Waals surface area contributed by atoms with E-state index in [2.05, 4.69) is 0 Å². The van der Waals surface area contributed by atoms with Gasteiger partial charge in [0.15, 0.2) is 5.79 Å². The first-order chi connectivity index (χ1) is 13.0. The quantitative estimate of drug-likeness (QED) is 0.743. The van der Waals surface area contributed by atoms with E-state index >= 15 is 0 Å². The minimum Gasteiger partial charge on any atom is -0.347 e. The Morgan fingerprint density at radius 3 is 2.33 bits per heavy atom. The van der Waals surface area contributed by atoms with Gasteiger partial charge < -0.3 is 19.3 Å². The van der Waals surface area contributed by atoms with Crippen molar-refractivity contribution in [1.29, 1.82) is 0 Å². The van der Waals surface area contributed by atoms with Gasteiger partial charge in [-0.25, -0.2) is 0 Å². The van der Waals surface area contributed by atoms with Crippen LogP contribution in [0.1, 0.15) is 31.7 Å². The summed E-state index contributed by atoms with van der Waals surface area (Å²) in [6.07, 6.45) is 2.51. The fourth-order valence-electron chi connectivity index (χ4n) is 3.61. The van der Waals surface area contributed by atoms with E-state index in [1.165, 1.54) is 0 Å². The molecular formula is C20H27ClN2O4. The van der Waals surface area contributed by atoms with Gasteiger partial charge in [-0.05, 0) is 24.1 Å². The lowest BCUT2D eigenvalue weighted by Crippen LogP contribution is -2.48. The van der Waals surface area contributed by atoms with Crippen LogP contribution in [0.3, 0.4) is 0 Å². The number of amides is 2.